The third-order valence-corrected chi connectivity index (χ3v) is 1.54. The summed E-state index contributed by atoms with van der Waals surface area (Å²) in [5.74, 6) is 0. The summed E-state index contributed by atoms with van der Waals surface area (Å²) in [6, 6.07) is 6.95. The lowest BCUT2D eigenvalue weighted by atomic mass is 9.66. The summed E-state index contributed by atoms with van der Waals surface area (Å²) >= 11 is 0. The molecular weight excluding hydrogens is 163 g/mol. The fourth-order valence-corrected chi connectivity index (χ4v) is 0.967. The highest BCUT2D eigenvalue weighted by Crippen LogP contribution is 2.24. The van der Waals surface area contributed by atoms with Crippen molar-refractivity contribution in [3.05, 3.63) is 22.1 Å². The second-order valence-electron chi connectivity index (χ2n) is 2.17. The normalized spacial score (nSPS) is 13.8. The van der Waals surface area contributed by atoms with Crippen LogP contribution in [-0.2, 0) is 0 Å². The molecule has 5 heteroatoms. The van der Waals surface area contributed by atoms with Gasteiger partial charge in [-0.25, -0.2) is 0 Å². The molecule has 0 atom stereocenters. The van der Waals surface area contributed by atoms with Gasteiger partial charge in [-0.15, -0.1) is 0 Å². The van der Waals surface area contributed by atoms with Gasteiger partial charge < -0.3 is 0 Å². The van der Waals surface area contributed by atoms with Gasteiger partial charge in [0.1, 0.15) is 12.1 Å². The molecule has 0 aromatic rings. The number of hydrogen-bond donors (Lipinski definition) is 0. The van der Waals surface area contributed by atoms with E-state index >= 15 is 0 Å². The zero-order chi connectivity index (χ0) is 9.84. The lowest BCUT2D eigenvalue weighted by Crippen LogP contribution is -1.92. The van der Waals surface area contributed by atoms with Crippen LogP contribution in [-0.4, -0.2) is 7.28 Å². The summed E-state index contributed by atoms with van der Waals surface area (Å²) in [6.07, 6.45) is 0. The summed E-state index contributed by atoms with van der Waals surface area (Å²) in [7, 11) is 1.25. The Hall–Kier alpha value is -2.50. The monoisotopic (exact) mass is 163 g/mol. The number of hydrogen-bond acceptors (Lipinski definition) is 4. The SMILES string of the molecule is N#CC1=C(C#N)C(C#N)=C(C#N)[B]1. The van der Waals surface area contributed by atoms with Crippen LogP contribution in [0.2, 0.25) is 0 Å². The van der Waals surface area contributed by atoms with E-state index in [1.165, 1.54) is 7.28 Å². The van der Waals surface area contributed by atoms with Gasteiger partial charge in [0.05, 0.1) is 23.3 Å². The quantitative estimate of drug-likeness (QED) is 0.479. The molecule has 13 heavy (non-hydrogen) atoms. The Bertz CT molecular complexity index is 438. The summed E-state index contributed by atoms with van der Waals surface area (Å²) in [6.45, 7) is 0. The fourth-order valence-electron chi connectivity index (χ4n) is 0.967. The van der Waals surface area contributed by atoms with Crippen molar-refractivity contribution in [1.29, 1.82) is 21.0 Å². The number of allylic oxidation sites excluding steroid dienone is 4. The highest BCUT2D eigenvalue weighted by atomic mass is 14.3. The van der Waals surface area contributed by atoms with Crippen LogP contribution >= 0.6 is 0 Å². The van der Waals surface area contributed by atoms with Crippen molar-refractivity contribution in [1.82, 2.24) is 0 Å². The summed E-state index contributed by atoms with van der Waals surface area (Å²) in [5, 5.41) is 34.3. The molecule has 1 rings (SSSR count). The Labute approximate surface area is 75.5 Å². The van der Waals surface area contributed by atoms with Gasteiger partial charge in [0.25, 0.3) is 0 Å². The molecule has 0 amide bonds. The molecule has 0 bridgehead atoms. The summed E-state index contributed by atoms with van der Waals surface area (Å²) in [4.78, 5) is 0. The van der Waals surface area contributed by atoms with Gasteiger partial charge in [-0.1, -0.05) is 0 Å². The molecule has 55 valence electrons. The van der Waals surface area contributed by atoms with Crippen molar-refractivity contribution in [2.45, 2.75) is 0 Å². The van der Waals surface area contributed by atoms with Crippen molar-refractivity contribution in [2.75, 3.05) is 0 Å². The summed E-state index contributed by atoms with van der Waals surface area (Å²) in [5.41, 5.74) is 0.134. The molecule has 0 fully saturated rings. The van der Waals surface area contributed by atoms with Crippen molar-refractivity contribution in [3.8, 4) is 24.3 Å². The van der Waals surface area contributed by atoms with Gasteiger partial charge >= 0.3 is 0 Å². The first-order valence-electron chi connectivity index (χ1n) is 3.22. The zero-order valence-electron chi connectivity index (χ0n) is 6.37. The van der Waals surface area contributed by atoms with E-state index in [-0.39, 0.29) is 22.1 Å². The Kier molecular flexibility index (Phi) is 2.16. The fraction of sp³-hybridized carbons (Fsp3) is 0. The van der Waals surface area contributed by atoms with Gasteiger partial charge in [0.2, 0.25) is 7.28 Å². The van der Waals surface area contributed by atoms with Crippen LogP contribution in [0.15, 0.2) is 22.1 Å². The van der Waals surface area contributed by atoms with Gasteiger partial charge in [0.15, 0.2) is 0 Å². The van der Waals surface area contributed by atoms with E-state index in [0.29, 0.717) is 0 Å². The van der Waals surface area contributed by atoms with Crippen LogP contribution in [0.1, 0.15) is 0 Å². The maximum atomic E-state index is 8.61. The molecule has 0 unspecified atom stereocenters. The topological polar surface area (TPSA) is 95.2 Å². The Morgan fingerprint density at radius 3 is 1.31 bits per heavy atom. The average molecular weight is 163 g/mol. The molecule has 0 aliphatic carbocycles. The average Bonchev–Trinajstić information content (AvgIpc) is 2.54. The van der Waals surface area contributed by atoms with E-state index in [9.17, 15) is 0 Å². The summed E-state index contributed by atoms with van der Waals surface area (Å²) < 4.78 is 0. The Morgan fingerprint density at radius 1 is 0.692 bits per heavy atom. The van der Waals surface area contributed by atoms with Crippen LogP contribution in [0.5, 0.6) is 0 Å². The molecular formula is C8BN4. The van der Waals surface area contributed by atoms with Gasteiger partial charge in [-0.2, -0.15) is 21.0 Å². The third kappa shape index (κ3) is 1.16. The minimum atomic E-state index is -0.0125. The number of nitriles is 4. The third-order valence-electron chi connectivity index (χ3n) is 1.54. The minimum absolute atomic E-state index is 0.0125. The lowest BCUT2D eigenvalue weighted by molar-refractivity contribution is 1.42. The standard InChI is InChI=1S/C8BN4/c10-1-5-6(2-11)8(4-13)9-7(5)3-12. The van der Waals surface area contributed by atoms with Crippen molar-refractivity contribution < 1.29 is 0 Å². The van der Waals surface area contributed by atoms with E-state index in [0.717, 1.165) is 0 Å². The molecule has 0 aromatic heterocycles. The molecule has 1 aliphatic rings. The van der Waals surface area contributed by atoms with Crippen molar-refractivity contribution in [2.24, 2.45) is 0 Å². The molecule has 0 saturated carbocycles. The van der Waals surface area contributed by atoms with Crippen LogP contribution in [0.3, 0.4) is 0 Å². The van der Waals surface area contributed by atoms with Crippen LogP contribution in [0.4, 0.5) is 0 Å². The predicted octanol–water partition coefficient (Wildman–Crippen LogP) is 0.307. The molecule has 0 spiro atoms. The molecule has 0 aromatic carbocycles. The van der Waals surface area contributed by atoms with Gasteiger partial charge in [-0.05, 0) is 0 Å². The first-order chi connectivity index (χ1) is 6.28. The first-order valence-corrected chi connectivity index (χ1v) is 3.22. The van der Waals surface area contributed by atoms with Gasteiger partial charge in [0, 0.05) is 10.9 Å². The Morgan fingerprint density at radius 2 is 1.08 bits per heavy atom. The minimum Gasteiger partial charge on any atom is -0.194 e. The predicted molar refractivity (Wildman–Crippen MR) is 42.3 cm³/mol. The van der Waals surface area contributed by atoms with Crippen LogP contribution in [0, 0.1) is 45.3 Å². The second kappa shape index (κ2) is 3.27. The van der Waals surface area contributed by atoms with Gasteiger partial charge in [-0.3, -0.25) is 0 Å². The molecule has 1 aliphatic heterocycles. The highest BCUT2D eigenvalue weighted by molar-refractivity contribution is 6.59. The number of rotatable bonds is 0. The van der Waals surface area contributed by atoms with Crippen LogP contribution < -0.4 is 0 Å². The van der Waals surface area contributed by atoms with E-state index in [1.54, 1.807) is 24.3 Å². The van der Waals surface area contributed by atoms with Crippen molar-refractivity contribution >= 4 is 7.28 Å². The smallest absolute Gasteiger partial charge is 0.194 e. The van der Waals surface area contributed by atoms with E-state index < -0.39 is 0 Å². The Balaban J connectivity index is 3.36. The molecule has 1 heterocycles. The van der Waals surface area contributed by atoms with E-state index in [1.807, 2.05) is 0 Å². The molecule has 1 radical (unpaired) electrons. The molecule has 4 nitrogen and oxygen atoms in total. The zero-order valence-corrected chi connectivity index (χ0v) is 6.37. The largest absolute Gasteiger partial charge is 0.224 e. The van der Waals surface area contributed by atoms with E-state index in [2.05, 4.69) is 0 Å². The maximum Gasteiger partial charge on any atom is 0.224 e. The highest BCUT2D eigenvalue weighted by Gasteiger charge is 2.25. The molecule has 0 N–H and O–H groups in total. The second-order valence-corrected chi connectivity index (χ2v) is 2.17. The first kappa shape index (κ1) is 8.60. The van der Waals surface area contributed by atoms with Crippen molar-refractivity contribution in [3.63, 3.8) is 0 Å². The lowest BCUT2D eigenvalue weighted by Gasteiger charge is -1.87. The van der Waals surface area contributed by atoms with E-state index in [4.69, 9.17) is 21.0 Å². The molecule has 0 saturated heterocycles. The maximum absolute atomic E-state index is 8.61. The number of nitrogens with zero attached hydrogens (tertiary/aromatic N) is 4. The van der Waals surface area contributed by atoms with Crippen LogP contribution in [0.25, 0.3) is 0 Å².